The fraction of sp³-hybridized carbons (Fsp3) is 0.323. The van der Waals surface area contributed by atoms with E-state index in [-0.39, 0.29) is 39.5 Å². The van der Waals surface area contributed by atoms with Crippen LogP contribution in [-0.2, 0) is 45.6 Å². The van der Waals surface area contributed by atoms with Gasteiger partial charge in [0.05, 0.1) is 11.1 Å². The van der Waals surface area contributed by atoms with Gasteiger partial charge < -0.3 is 14.7 Å². The molecule has 0 bridgehead atoms. The van der Waals surface area contributed by atoms with Gasteiger partial charge in [-0.15, -0.1) is 0 Å². The molecule has 4 heterocycles. The standard InChI is InChI=1S/C62H62BN3/c1-57(2,3)41-21-17-22-43(35-41)64-52-36-42(58(4,5)6)29-30-49(52)63-50-27-18-26-48-56(50)66(62(10)46-24-14-12-20-40(46)32-34-60(48,62)8)54-38-44(37-53(64)55(54)63)65-51-28-16-15-25-47(51)59(7)33-31-39-19-11-13-23-45(39)61(59,65)9/h11-30,35-38H,31-34H2,1-10H3. The van der Waals surface area contributed by atoms with Crippen molar-refractivity contribution in [3.8, 4) is 0 Å². The van der Waals surface area contributed by atoms with Crippen LogP contribution in [0.5, 0.6) is 0 Å². The van der Waals surface area contributed by atoms with Crippen molar-refractivity contribution < 1.29 is 0 Å². The predicted molar refractivity (Wildman–Crippen MR) is 279 cm³/mol. The van der Waals surface area contributed by atoms with E-state index in [0.29, 0.717) is 0 Å². The summed E-state index contributed by atoms with van der Waals surface area (Å²) < 4.78 is 0. The Morgan fingerprint density at radius 3 is 1.68 bits per heavy atom. The number of fused-ring (bicyclic) bond motifs is 14. The maximum atomic E-state index is 2.88. The minimum absolute atomic E-state index is 0.0172. The summed E-state index contributed by atoms with van der Waals surface area (Å²) in [5.41, 5.74) is 23.9. The highest BCUT2D eigenvalue weighted by molar-refractivity contribution is 7.00. The molecular weight excluding hydrogens is 798 g/mol. The van der Waals surface area contributed by atoms with E-state index in [0.717, 1.165) is 25.7 Å². The molecule has 328 valence electrons. The minimum Gasteiger partial charge on any atom is -0.331 e. The molecule has 4 atom stereocenters. The van der Waals surface area contributed by atoms with Crippen molar-refractivity contribution in [2.45, 2.75) is 128 Å². The van der Waals surface area contributed by atoms with Crippen molar-refractivity contribution in [1.82, 2.24) is 0 Å². The average Bonchev–Trinajstić information content (AvgIpc) is 3.66. The first-order chi connectivity index (χ1) is 31.5. The first-order valence-electron chi connectivity index (χ1n) is 24.7. The Bertz CT molecular complexity index is 3240. The molecule has 0 spiro atoms. The Morgan fingerprint density at radius 1 is 0.439 bits per heavy atom. The van der Waals surface area contributed by atoms with Crippen molar-refractivity contribution >= 4 is 62.9 Å². The van der Waals surface area contributed by atoms with Crippen LogP contribution in [-0.4, -0.2) is 6.71 Å². The highest BCUT2D eigenvalue weighted by Gasteiger charge is 2.64. The van der Waals surface area contributed by atoms with Gasteiger partial charge in [0.15, 0.2) is 0 Å². The van der Waals surface area contributed by atoms with Gasteiger partial charge in [-0.1, -0.05) is 165 Å². The molecule has 4 unspecified atom stereocenters. The van der Waals surface area contributed by atoms with Crippen molar-refractivity contribution in [2.75, 3.05) is 14.7 Å². The summed E-state index contributed by atoms with van der Waals surface area (Å²) in [5.74, 6) is 0. The molecule has 6 aliphatic rings. The second-order valence-electron chi connectivity index (χ2n) is 23.5. The Morgan fingerprint density at radius 2 is 1.00 bits per heavy atom. The molecule has 13 rings (SSSR count). The van der Waals surface area contributed by atoms with Gasteiger partial charge in [-0.05, 0) is 148 Å². The molecule has 0 amide bonds. The van der Waals surface area contributed by atoms with E-state index in [2.05, 4.69) is 230 Å². The quantitative estimate of drug-likeness (QED) is 0.160. The Balaban J connectivity index is 1.19. The number of nitrogens with zero attached hydrogens (tertiary/aromatic N) is 3. The van der Waals surface area contributed by atoms with E-state index in [1.165, 1.54) is 101 Å². The first kappa shape index (κ1) is 40.3. The zero-order valence-electron chi connectivity index (χ0n) is 40.6. The molecule has 66 heavy (non-hydrogen) atoms. The molecule has 0 saturated heterocycles. The first-order valence-corrected chi connectivity index (χ1v) is 24.7. The lowest BCUT2D eigenvalue weighted by Crippen LogP contribution is -2.64. The van der Waals surface area contributed by atoms with Crippen LogP contribution in [0.2, 0.25) is 0 Å². The van der Waals surface area contributed by atoms with Crippen LogP contribution in [0, 0.1) is 0 Å². The maximum absolute atomic E-state index is 2.88. The molecular formula is C62H62BN3. The molecule has 0 aromatic heterocycles. The van der Waals surface area contributed by atoms with Crippen LogP contribution in [0.4, 0.5) is 39.8 Å². The molecule has 0 N–H and O–H groups in total. The predicted octanol–water partition coefficient (Wildman–Crippen LogP) is 13.4. The lowest BCUT2D eigenvalue weighted by atomic mass is 9.33. The van der Waals surface area contributed by atoms with Gasteiger partial charge in [-0.3, -0.25) is 0 Å². The van der Waals surface area contributed by atoms with E-state index < -0.39 is 0 Å². The largest absolute Gasteiger partial charge is 0.331 e. The topological polar surface area (TPSA) is 9.72 Å². The van der Waals surface area contributed by atoms with Crippen LogP contribution in [0.25, 0.3) is 0 Å². The summed E-state index contributed by atoms with van der Waals surface area (Å²) in [5, 5.41) is 0. The summed E-state index contributed by atoms with van der Waals surface area (Å²) in [6.07, 6.45) is 4.36. The van der Waals surface area contributed by atoms with Gasteiger partial charge in [0.2, 0.25) is 0 Å². The van der Waals surface area contributed by atoms with Crippen LogP contribution in [0.3, 0.4) is 0 Å². The molecule has 7 aromatic carbocycles. The number of benzene rings is 7. The van der Waals surface area contributed by atoms with Crippen molar-refractivity contribution in [3.63, 3.8) is 0 Å². The van der Waals surface area contributed by atoms with Crippen LogP contribution in [0.15, 0.2) is 146 Å². The van der Waals surface area contributed by atoms with Gasteiger partial charge in [0.1, 0.15) is 0 Å². The molecule has 0 saturated carbocycles. The summed E-state index contributed by atoms with van der Waals surface area (Å²) >= 11 is 0. The molecule has 2 aliphatic carbocycles. The van der Waals surface area contributed by atoms with Gasteiger partial charge in [0.25, 0.3) is 6.71 Å². The minimum atomic E-state index is -0.340. The summed E-state index contributed by atoms with van der Waals surface area (Å²) in [7, 11) is 0. The third kappa shape index (κ3) is 4.81. The fourth-order valence-electron chi connectivity index (χ4n) is 14.5. The monoisotopic (exact) mass is 860 g/mol. The van der Waals surface area contributed by atoms with Gasteiger partial charge >= 0.3 is 0 Å². The zero-order valence-corrected chi connectivity index (χ0v) is 40.6. The number of anilines is 7. The highest BCUT2D eigenvalue weighted by atomic mass is 15.3. The van der Waals surface area contributed by atoms with Gasteiger partial charge in [-0.2, -0.15) is 0 Å². The molecule has 4 aliphatic heterocycles. The smallest absolute Gasteiger partial charge is 0.252 e. The Hall–Kier alpha value is -6.00. The lowest BCUT2D eigenvalue weighted by molar-refractivity contribution is 0.244. The zero-order chi connectivity index (χ0) is 45.5. The molecule has 3 nitrogen and oxygen atoms in total. The Kier molecular flexibility index (Phi) is 7.88. The SMILES string of the molecule is CC(C)(C)c1cccc(N2c3cc(C(C)(C)C)ccc3B3c4cccc5c4N(c4cc(N6c7ccccc7C7(C)CCc8ccccc8C67C)cc2c43)C2(C)c3ccccc3CCC52C)c1. The second-order valence-corrected chi connectivity index (χ2v) is 23.5. The molecule has 4 heteroatoms. The highest BCUT2D eigenvalue weighted by Crippen LogP contribution is 2.67. The summed E-state index contributed by atoms with van der Waals surface area (Å²) in [4.78, 5) is 8.36. The number of rotatable bonds is 2. The van der Waals surface area contributed by atoms with Crippen LogP contribution >= 0.6 is 0 Å². The summed E-state index contributed by atoms with van der Waals surface area (Å²) in [6, 6.07) is 57.7. The second kappa shape index (κ2) is 12.9. The molecule has 0 fully saturated rings. The van der Waals surface area contributed by atoms with E-state index in [1.54, 1.807) is 0 Å². The summed E-state index contributed by atoms with van der Waals surface area (Å²) in [6.45, 7) is 24.5. The van der Waals surface area contributed by atoms with E-state index in [1.807, 2.05) is 0 Å². The van der Waals surface area contributed by atoms with E-state index >= 15 is 0 Å². The third-order valence-corrected chi connectivity index (χ3v) is 18.4. The van der Waals surface area contributed by atoms with E-state index in [9.17, 15) is 0 Å². The van der Waals surface area contributed by atoms with E-state index in [4.69, 9.17) is 0 Å². The number of para-hydroxylation sites is 2. The van der Waals surface area contributed by atoms with Crippen molar-refractivity contribution in [3.05, 3.63) is 190 Å². The van der Waals surface area contributed by atoms with Crippen LogP contribution < -0.4 is 31.1 Å². The van der Waals surface area contributed by atoms with Gasteiger partial charge in [0, 0.05) is 50.6 Å². The lowest BCUT2D eigenvalue weighted by Gasteiger charge is -2.54. The maximum Gasteiger partial charge on any atom is 0.252 e. The van der Waals surface area contributed by atoms with Crippen molar-refractivity contribution in [1.29, 1.82) is 0 Å². The average molecular weight is 860 g/mol. The number of hydrogen-bond donors (Lipinski definition) is 0. The number of hydrogen-bond acceptors (Lipinski definition) is 3. The third-order valence-electron chi connectivity index (χ3n) is 18.4. The molecule has 7 aromatic rings. The molecule has 0 radical (unpaired) electrons. The normalized spacial score (nSPS) is 25.0. The Labute approximate surface area is 393 Å². The number of aryl methyl sites for hydroxylation is 2. The van der Waals surface area contributed by atoms with Crippen LogP contribution in [0.1, 0.15) is 127 Å². The van der Waals surface area contributed by atoms with Gasteiger partial charge in [-0.25, -0.2) is 0 Å². The van der Waals surface area contributed by atoms with Crippen molar-refractivity contribution in [2.24, 2.45) is 0 Å². The fourth-order valence-corrected chi connectivity index (χ4v) is 14.5.